The normalized spacial score (nSPS) is 22.5. The Balaban J connectivity index is 2.25. The van der Waals surface area contributed by atoms with Crippen LogP contribution in [0.2, 0.25) is 0 Å². The van der Waals surface area contributed by atoms with Gasteiger partial charge < -0.3 is 15.7 Å². The van der Waals surface area contributed by atoms with Crippen molar-refractivity contribution in [2.45, 2.75) is 25.9 Å². The minimum atomic E-state index is -0.952. The molecule has 1 amide bonds. The zero-order valence-electron chi connectivity index (χ0n) is 10.7. The molecule has 2 unspecified atom stereocenters. The van der Waals surface area contributed by atoms with Crippen molar-refractivity contribution in [2.24, 2.45) is 11.7 Å². The van der Waals surface area contributed by atoms with Crippen molar-refractivity contribution < 1.29 is 14.7 Å². The topological polar surface area (TPSA) is 96.5 Å². The number of carboxylic acid groups (broad SMARTS) is 1. The summed E-state index contributed by atoms with van der Waals surface area (Å²) < 4.78 is 0. The third-order valence-corrected chi connectivity index (χ3v) is 3.49. The molecule has 19 heavy (non-hydrogen) atoms. The molecule has 0 spiro atoms. The summed E-state index contributed by atoms with van der Waals surface area (Å²) in [5, 5.41) is 9.22. The van der Waals surface area contributed by atoms with Gasteiger partial charge in [-0.25, -0.2) is 4.79 Å². The van der Waals surface area contributed by atoms with Gasteiger partial charge in [-0.05, 0) is 24.5 Å². The SMILES string of the molecule is CC1CCN(C(=O)c2ccnc(CN)c2)C1C(=O)O. The van der Waals surface area contributed by atoms with Gasteiger partial charge in [-0.3, -0.25) is 9.78 Å². The number of aromatic nitrogens is 1. The zero-order valence-corrected chi connectivity index (χ0v) is 10.7. The molecule has 2 heterocycles. The van der Waals surface area contributed by atoms with Crippen LogP contribution in [-0.4, -0.2) is 39.5 Å². The lowest BCUT2D eigenvalue weighted by Gasteiger charge is -2.23. The van der Waals surface area contributed by atoms with Crippen LogP contribution < -0.4 is 5.73 Å². The summed E-state index contributed by atoms with van der Waals surface area (Å²) in [6.07, 6.45) is 2.22. The third kappa shape index (κ3) is 2.58. The number of rotatable bonds is 3. The molecule has 1 fully saturated rings. The molecule has 0 radical (unpaired) electrons. The number of carboxylic acids is 1. The van der Waals surface area contributed by atoms with Gasteiger partial charge in [0.05, 0.1) is 5.69 Å². The fourth-order valence-corrected chi connectivity index (χ4v) is 2.44. The van der Waals surface area contributed by atoms with E-state index in [9.17, 15) is 14.7 Å². The van der Waals surface area contributed by atoms with Gasteiger partial charge in [0.1, 0.15) is 6.04 Å². The second-order valence-corrected chi connectivity index (χ2v) is 4.79. The van der Waals surface area contributed by atoms with E-state index in [2.05, 4.69) is 4.98 Å². The van der Waals surface area contributed by atoms with E-state index in [4.69, 9.17) is 5.73 Å². The van der Waals surface area contributed by atoms with E-state index < -0.39 is 12.0 Å². The van der Waals surface area contributed by atoms with E-state index in [0.717, 1.165) is 0 Å². The number of amides is 1. The number of nitrogens with zero attached hydrogens (tertiary/aromatic N) is 2. The van der Waals surface area contributed by atoms with Crippen molar-refractivity contribution in [3.05, 3.63) is 29.6 Å². The number of hydrogen-bond acceptors (Lipinski definition) is 4. The van der Waals surface area contributed by atoms with Crippen molar-refractivity contribution in [1.29, 1.82) is 0 Å². The first-order chi connectivity index (χ1) is 9.04. The van der Waals surface area contributed by atoms with Crippen LogP contribution in [0.15, 0.2) is 18.3 Å². The Hall–Kier alpha value is -1.95. The van der Waals surface area contributed by atoms with Gasteiger partial charge in [-0.1, -0.05) is 6.92 Å². The Kier molecular flexibility index (Phi) is 3.80. The average molecular weight is 263 g/mol. The number of hydrogen-bond donors (Lipinski definition) is 2. The zero-order chi connectivity index (χ0) is 14.0. The van der Waals surface area contributed by atoms with Gasteiger partial charge in [-0.15, -0.1) is 0 Å². The van der Waals surface area contributed by atoms with Crippen LogP contribution >= 0.6 is 0 Å². The number of nitrogens with two attached hydrogens (primary N) is 1. The standard InChI is InChI=1S/C13H17N3O3/c1-8-3-5-16(11(8)13(18)19)12(17)9-2-4-15-10(6-9)7-14/h2,4,6,8,11H,3,5,7,14H2,1H3,(H,18,19). The Labute approximate surface area is 111 Å². The molecule has 6 heteroatoms. The number of carbonyl (C=O) groups is 2. The van der Waals surface area contributed by atoms with Gasteiger partial charge in [0, 0.05) is 24.8 Å². The Bertz CT molecular complexity index is 504. The average Bonchev–Trinajstić information content (AvgIpc) is 2.80. The van der Waals surface area contributed by atoms with Gasteiger partial charge in [0.2, 0.25) is 0 Å². The van der Waals surface area contributed by atoms with Crippen LogP contribution in [0.1, 0.15) is 29.4 Å². The molecule has 2 atom stereocenters. The van der Waals surface area contributed by atoms with Crippen molar-refractivity contribution in [3.8, 4) is 0 Å². The van der Waals surface area contributed by atoms with E-state index in [0.29, 0.717) is 24.2 Å². The van der Waals surface area contributed by atoms with Crippen LogP contribution in [0.3, 0.4) is 0 Å². The highest BCUT2D eigenvalue weighted by Crippen LogP contribution is 2.25. The first-order valence-electron chi connectivity index (χ1n) is 6.23. The Morgan fingerprint density at radius 1 is 1.58 bits per heavy atom. The largest absolute Gasteiger partial charge is 0.480 e. The molecule has 6 nitrogen and oxygen atoms in total. The highest BCUT2D eigenvalue weighted by molar-refractivity contribution is 5.97. The first-order valence-corrected chi connectivity index (χ1v) is 6.23. The summed E-state index contributed by atoms with van der Waals surface area (Å²) in [5.41, 5.74) is 6.54. The van der Waals surface area contributed by atoms with Crippen LogP contribution in [-0.2, 0) is 11.3 Å². The van der Waals surface area contributed by atoms with Gasteiger partial charge in [-0.2, -0.15) is 0 Å². The summed E-state index contributed by atoms with van der Waals surface area (Å²) >= 11 is 0. The molecule has 0 aliphatic carbocycles. The van der Waals surface area contributed by atoms with Crippen molar-refractivity contribution in [2.75, 3.05) is 6.54 Å². The van der Waals surface area contributed by atoms with Crippen molar-refractivity contribution in [3.63, 3.8) is 0 Å². The summed E-state index contributed by atoms with van der Waals surface area (Å²) in [6, 6.07) is 2.45. The van der Waals surface area contributed by atoms with E-state index in [-0.39, 0.29) is 18.4 Å². The molecule has 1 saturated heterocycles. The Morgan fingerprint density at radius 3 is 2.95 bits per heavy atom. The first kappa shape index (κ1) is 13.5. The fourth-order valence-electron chi connectivity index (χ4n) is 2.44. The summed E-state index contributed by atoms with van der Waals surface area (Å²) in [6.45, 7) is 2.57. The maximum Gasteiger partial charge on any atom is 0.326 e. The smallest absolute Gasteiger partial charge is 0.326 e. The summed E-state index contributed by atoms with van der Waals surface area (Å²) in [5.74, 6) is -1.25. The number of likely N-dealkylation sites (tertiary alicyclic amines) is 1. The monoisotopic (exact) mass is 263 g/mol. The molecule has 102 valence electrons. The minimum Gasteiger partial charge on any atom is -0.480 e. The molecule has 0 saturated carbocycles. The molecule has 3 N–H and O–H groups in total. The van der Waals surface area contributed by atoms with Gasteiger partial charge >= 0.3 is 5.97 Å². The molecule has 1 aromatic heterocycles. The Morgan fingerprint density at radius 2 is 2.32 bits per heavy atom. The highest BCUT2D eigenvalue weighted by Gasteiger charge is 2.39. The quantitative estimate of drug-likeness (QED) is 0.826. The number of carbonyl (C=O) groups excluding carboxylic acids is 1. The van der Waals surface area contributed by atoms with E-state index in [1.54, 1.807) is 12.1 Å². The lowest BCUT2D eigenvalue weighted by molar-refractivity contribution is -0.142. The van der Waals surface area contributed by atoms with E-state index >= 15 is 0 Å². The maximum atomic E-state index is 12.4. The van der Waals surface area contributed by atoms with Crippen molar-refractivity contribution >= 4 is 11.9 Å². The third-order valence-electron chi connectivity index (χ3n) is 3.49. The summed E-state index contributed by atoms with van der Waals surface area (Å²) in [4.78, 5) is 29.1. The van der Waals surface area contributed by atoms with Crippen LogP contribution in [0.25, 0.3) is 0 Å². The van der Waals surface area contributed by atoms with Gasteiger partial charge in [0.15, 0.2) is 0 Å². The molecule has 2 rings (SSSR count). The lowest BCUT2D eigenvalue weighted by atomic mass is 10.0. The molecule has 1 aliphatic rings. The molecule has 1 aromatic rings. The van der Waals surface area contributed by atoms with Crippen molar-refractivity contribution in [1.82, 2.24) is 9.88 Å². The maximum absolute atomic E-state index is 12.4. The number of aliphatic carboxylic acids is 1. The van der Waals surface area contributed by atoms with E-state index in [1.165, 1.54) is 11.1 Å². The highest BCUT2D eigenvalue weighted by atomic mass is 16.4. The van der Waals surface area contributed by atoms with Crippen LogP contribution in [0, 0.1) is 5.92 Å². The number of pyridine rings is 1. The molecular formula is C13H17N3O3. The van der Waals surface area contributed by atoms with Gasteiger partial charge in [0.25, 0.3) is 5.91 Å². The second-order valence-electron chi connectivity index (χ2n) is 4.79. The molecule has 0 aromatic carbocycles. The van der Waals surface area contributed by atoms with Crippen LogP contribution in [0.4, 0.5) is 0 Å². The second kappa shape index (κ2) is 5.36. The minimum absolute atomic E-state index is 0.0303. The molecule has 0 bridgehead atoms. The lowest BCUT2D eigenvalue weighted by Crippen LogP contribution is -2.42. The van der Waals surface area contributed by atoms with Crippen LogP contribution in [0.5, 0.6) is 0 Å². The van der Waals surface area contributed by atoms with E-state index in [1.807, 2.05) is 6.92 Å². The summed E-state index contributed by atoms with van der Waals surface area (Å²) in [7, 11) is 0. The predicted molar refractivity (Wildman–Crippen MR) is 68.4 cm³/mol. The predicted octanol–water partition coefficient (Wildman–Crippen LogP) is 0.475. The fraction of sp³-hybridized carbons (Fsp3) is 0.462. The molecular weight excluding hydrogens is 246 g/mol. The molecule has 1 aliphatic heterocycles.